The number of rotatable bonds is 5. The zero-order valence-electron chi connectivity index (χ0n) is 12.0. The molecule has 1 atom stereocenters. The second kappa shape index (κ2) is 6.78. The van der Waals surface area contributed by atoms with E-state index in [9.17, 15) is 0 Å². The van der Waals surface area contributed by atoms with Crippen LogP contribution in [0.1, 0.15) is 37.2 Å². The van der Waals surface area contributed by atoms with E-state index < -0.39 is 0 Å². The van der Waals surface area contributed by atoms with E-state index in [0.29, 0.717) is 6.04 Å². The van der Waals surface area contributed by atoms with Crippen LogP contribution in [0.25, 0.3) is 0 Å². The highest BCUT2D eigenvalue weighted by Crippen LogP contribution is 2.29. The van der Waals surface area contributed by atoms with Crippen molar-refractivity contribution in [2.45, 2.75) is 37.8 Å². The van der Waals surface area contributed by atoms with E-state index in [1.165, 1.54) is 10.5 Å². The Morgan fingerprint density at radius 2 is 1.95 bits per heavy atom. The van der Waals surface area contributed by atoms with E-state index in [1.54, 1.807) is 11.8 Å². The average Bonchev–Trinajstić information content (AvgIpc) is 2.80. The SMILES string of the molecule is Cc1ccc(SCC(N)c2c(Br)cnn2C(C)C)cc1. The molecule has 1 aromatic carbocycles. The molecule has 20 heavy (non-hydrogen) atoms. The summed E-state index contributed by atoms with van der Waals surface area (Å²) in [6, 6.07) is 8.81. The molecule has 1 heterocycles. The van der Waals surface area contributed by atoms with Crippen molar-refractivity contribution in [2.24, 2.45) is 5.73 Å². The molecule has 0 spiro atoms. The predicted octanol–water partition coefficient (Wildman–Crippen LogP) is 4.33. The van der Waals surface area contributed by atoms with Gasteiger partial charge in [0, 0.05) is 16.7 Å². The Bertz CT molecular complexity index is 563. The van der Waals surface area contributed by atoms with Crippen molar-refractivity contribution < 1.29 is 0 Å². The first-order valence-corrected chi connectivity index (χ1v) is 8.45. The Hall–Kier alpha value is -0.780. The van der Waals surface area contributed by atoms with E-state index >= 15 is 0 Å². The Morgan fingerprint density at radius 3 is 2.55 bits per heavy atom. The predicted molar refractivity (Wildman–Crippen MR) is 89.1 cm³/mol. The van der Waals surface area contributed by atoms with Crippen LogP contribution in [0.4, 0.5) is 0 Å². The van der Waals surface area contributed by atoms with Crippen molar-refractivity contribution >= 4 is 27.7 Å². The Kier molecular flexibility index (Phi) is 5.29. The summed E-state index contributed by atoms with van der Waals surface area (Å²) in [6.07, 6.45) is 1.83. The minimum absolute atomic E-state index is 0.0411. The minimum Gasteiger partial charge on any atom is -0.322 e. The normalized spacial score (nSPS) is 12.9. The van der Waals surface area contributed by atoms with Gasteiger partial charge in [0.25, 0.3) is 0 Å². The van der Waals surface area contributed by atoms with Crippen molar-refractivity contribution in [3.8, 4) is 0 Å². The number of hydrogen-bond donors (Lipinski definition) is 1. The first-order chi connectivity index (χ1) is 9.49. The second-order valence-corrected chi connectivity index (χ2v) is 7.09. The Morgan fingerprint density at radius 1 is 1.30 bits per heavy atom. The second-order valence-electron chi connectivity index (χ2n) is 5.15. The van der Waals surface area contributed by atoms with Gasteiger partial charge in [-0.15, -0.1) is 11.8 Å². The smallest absolute Gasteiger partial charge is 0.0705 e. The molecule has 108 valence electrons. The summed E-state index contributed by atoms with van der Waals surface area (Å²) in [7, 11) is 0. The van der Waals surface area contributed by atoms with Crippen molar-refractivity contribution in [1.82, 2.24) is 9.78 Å². The molecular weight excluding hydrogens is 334 g/mol. The van der Waals surface area contributed by atoms with Crippen LogP contribution < -0.4 is 5.73 Å². The van der Waals surface area contributed by atoms with Crippen LogP contribution in [0, 0.1) is 6.92 Å². The third kappa shape index (κ3) is 3.65. The van der Waals surface area contributed by atoms with Crippen LogP contribution in [-0.4, -0.2) is 15.5 Å². The fourth-order valence-electron chi connectivity index (χ4n) is 2.01. The van der Waals surface area contributed by atoms with E-state index in [2.05, 4.69) is 66.1 Å². The highest BCUT2D eigenvalue weighted by molar-refractivity contribution is 9.10. The summed E-state index contributed by atoms with van der Waals surface area (Å²) in [5, 5.41) is 4.38. The highest BCUT2D eigenvalue weighted by atomic mass is 79.9. The van der Waals surface area contributed by atoms with Gasteiger partial charge in [0.2, 0.25) is 0 Å². The molecule has 0 saturated carbocycles. The van der Waals surface area contributed by atoms with Crippen molar-refractivity contribution in [2.75, 3.05) is 5.75 Å². The summed E-state index contributed by atoms with van der Waals surface area (Å²) in [6.45, 7) is 6.32. The van der Waals surface area contributed by atoms with Crippen LogP contribution in [0.5, 0.6) is 0 Å². The van der Waals surface area contributed by atoms with E-state index in [1.807, 2.05) is 10.9 Å². The van der Waals surface area contributed by atoms with Gasteiger partial charge in [-0.3, -0.25) is 4.68 Å². The molecule has 0 amide bonds. The van der Waals surface area contributed by atoms with Crippen LogP contribution in [0.2, 0.25) is 0 Å². The molecule has 5 heteroatoms. The van der Waals surface area contributed by atoms with Crippen LogP contribution in [0.3, 0.4) is 0 Å². The van der Waals surface area contributed by atoms with Gasteiger partial charge < -0.3 is 5.73 Å². The van der Waals surface area contributed by atoms with Gasteiger partial charge in [0.15, 0.2) is 0 Å². The van der Waals surface area contributed by atoms with Gasteiger partial charge >= 0.3 is 0 Å². The van der Waals surface area contributed by atoms with Crippen LogP contribution >= 0.6 is 27.7 Å². The van der Waals surface area contributed by atoms with Gasteiger partial charge in [-0.1, -0.05) is 17.7 Å². The maximum atomic E-state index is 6.34. The number of benzene rings is 1. The zero-order valence-corrected chi connectivity index (χ0v) is 14.4. The lowest BCUT2D eigenvalue weighted by molar-refractivity contribution is 0.494. The number of nitrogens with zero attached hydrogens (tertiary/aromatic N) is 2. The number of nitrogens with two attached hydrogens (primary N) is 1. The zero-order chi connectivity index (χ0) is 14.7. The summed E-state index contributed by atoms with van der Waals surface area (Å²) in [5.74, 6) is 0.833. The standard InChI is InChI=1S/C15H20BrN3S/c1-10(2)19-15(13(16)8-18-19)14(17)9-20-12-6-4-11(3)5-7-12/h4-8,10,14H,9,17H2,1-3H3. The number of hydrogen-bond acceptors (Lipinski definition) is 3. The van der Waals surface area contributed by atoms with Crippen molar-refractivity contribution in [1.29, 1.82) is 0 Å². The van der Waals surface area contributed by atoms with Gasteiger partial charge in [-0.05, 0) is 48.8 Å². The summed E-state index contributed by atoms with van der Waals surface area (Å²) in [4.78, 5) is 1.25. The highest BCUT2D eigenvalue weighted by Gasteiger charge is 2.18. The number of aromatic nitrogens is 2. The quantitative estimate of drug-likeness (QED) is 0.813. The molecule has 2 N–H and O–H groups in total. The number of aryl methyl sites for hydroxylation is 1. The minimum atomic E-state index is -0.0411. The topological polar surface area (TPSA) is 43.8 Å². The molecule has 0 aliphatic rings. The molecule has 0 aliphatic heterocycles. The van der Waals surface area contributed by atoms with Crippen molar-refractivity contribution in [3.63, 3.8) is 0 Å². The molecule has 0 radical (unpaired) electrons. The van der Waals surface area contributed by atoms with E-state index in [-0.39, 0.29) is 6.04 Å². The summed E-state index contributed by atoms with van der Waals surface area (Å²) in [5.41, 5.74) is 8.69. The first-order valence-electron chi connectivity index (χ1n) is 6.67. The third-order valence-electron chi connectivity index (χ3n) is 3.08. The largest absolute Gasteiger partial charge is 0.322 e. The lowest BCUT2D eigenvalue weighted by Crippen LogP contribution is -2.20. The summed E-state index contributed by atoms with van der Waals surface area (Å²) < 4.78 is 2.98. The fraction of sp³-hybridized carbons (Fsp3) is 0.400. The van der Waals surface area contributed by atoms with E-state index in [4.69, 9.17) is 5.73 Å². The van der Waals surface area contributed by atoms with Gasteiger partial charge in [0.05, 0.1) is 22.4 Å². The first kappa shape index (κ1) is 15.6. The summed E-state index contributed by atoms with van der Waals surface area (Å²) >= 11 is 5.33. The van der Waals surface area contributed by atoms with Crippen LogP contribution in [-0.2, 0) is 0 Å². The molecule has 1 aromatic heterocycles. The molecule has 0 saturated heterocycles. The maximum absolute atomic E-state index is 6.34. The maximum Gasteiger partial charge on any atom is 0.0705 e. The molecule has 0 fully saturated rings. The molecule has 0 bridgehead atoms. The molecule has 3 nitrogen and oxygen atoms in total. The monoisotopic (exact) mass is 353 g/mol. The third-order valence-corrected chi connectivity index (χ3v) is 4.82. The van der Waals surface area contributed by atoms with Gasteiger partial charge in [-0.2, -0.15) is 5.10 Å². The fourth-order valence-corrected chi connectivity index (χ4v) is 3.43. The van der Waals surface area contributed by atoms with Gasteiger partial charge in [-0.25, -0.2) is 0 Å². The number of halogens is 1. The van der Waals surface area contributed by atoms with Crippen LogP contribution in [0.15, 0.2) is 39.8 Å². The molecular formula is C15H20BrN3S. The molecule has 2 rings (SSSR count). The average molecular weight is 354 g/mol. The Labute approximate surface area is 133 Å². The molecule has 0 aliphatic carbocycles. The number of thioether (sulfide) groups is 1. The lowest BCUT2D eigenvalue weighted by Gasteiger charge is -2.17. The molecule has 2 aromatic rings. The van der Waals surface area contributed by atoms with Crippen molar-refractivity contribution in [3.05, 3.63) is 46.2 Å². The Balaban J connectivity index is 2.07. The van der Waals surface area contributed by atoms with Gasteiger partial charge in [0.1, 0.15) is 0 Å². The van der Waals surface area contributed by atoms with E-state index in [0.717, 1.165) is 15.9 Å². The molecule has 1 unspecified atom stereocenters. The lowest BCUT2D eigenvalue weighted by atomic mass is 10.2.